The highest BCUT2D eigenvalue weighted by Crippen LogP contribution is 2.23. The van der Waals surface area contributed by atoms with Crippen LogP contribution in [0.4, 0.5) is 0 Å². The van der Waals surface area contributed by atoms with E-state index in [1.165, 1.54) is 11.3 Å². The quantitative estimate of drug-likeness (QED) is 0.571. The second kappa shape index (κ2) is 9.30. The number of fused-ring (bicyclic) bond motifs is 1. The first-order valence-corrected chi connectivity index (χ1v) is 10.8. The molecule has 1 aromatic heterocycles. The molecule has 8 heteroatoms. The van der Waals surface area contributed by atoms with E-state index >= 15 is 0 Å². The van der Waals surface area contributed by atoms with Crippen LogP contribution in [0.2, 0.25) is 5.02 Å². The third kappa shape index (κ3) is 5.06. The SMILES string of the molecule is COc1ccc2c(c1)sc(=NC(=O)COc1ccc(Cl)cc1)n2CCSC. The molecule has 0 saturated heterocycles. The molecule has 5 nitrogen and oxygen atoms in total. The average Bonchev–Trinajstić information content (AvgIpc) is 3.01. The standard InChI is InChI=1S/C19H19ClN2O3S2/c1-24-15-7-8-16-17(11-15)27-19(22(16)9-10-26-2)21-18(23)12-25-14-5-3-13(20)4-6-14/h3-8,11H,9-10,12H2,1-2H3. The lowest BCUT2D eigenvalue weighted by atomic mass is 10.3. The average molecular weight is 423 g/mol. The summed E-state index contributed by atoms with van der Waals surface area (Å²) in [6, 6.07) is 12.8. The number of carbonyl (C=O) groups is 1. The van der Waals surface area contributed by atoms with Crippen LogP contribution in [0.25, 0.3) is 10.2 Å². The lowest BCUT2D eigenvalue weighted by Gasteiger charge is -2.05. The Hall–Kier alpha value is -1.96. The Kier molecular flexibility index (Phi) is 6.82. The van der Waals surface area contributed by atoms with E-state index in [9.17, 15) is 4.79 Å². The van der Waals surface area contributed by atoms with Crippen molar-refractivity contribution in [3.63, 3.8) is 0 Å². The van der Waals surface area contributed by atoms with E-state index in [4.69, 9.17) is 21.1 Å². The zero-order valence-corrected chi connectivity index (χ0v) is 17.4. The topological polar surface area (TPSA) is 52.8 Å². The van der Waals surface area contributed by atoms with Gasteiger partial charge in [-0.25, -0.2) is 0 Å². The first-order valence-electron chi connectivity index (χ1n) is 8.23. The number of benzene rings is 2. The highest BCUT2D eigenvalue weighted by atomic mass is 35.5. The van der Waals surface area contributed by atoms with Gasteiger partial charge < -0.3 is 14.0 Å². The molecule has 0 aliphatic rings. The van der Waals surface area contributed by atoms with Gasteiger partial charge >= 0.3 is 0 Å². The lowest BCUT2D eigenvalue weighted by Crippen LogP contribution is -2.20. The number of halogens is 1. The van der Waals surface area contributed by atoms with Crippen LogP contribution in [-0.2, 0) is 11.3 Å². The zero-order chi connectivity index (χ0) is 19.2. The second-order valence-corrected chi connectivity index (χ2v) is 8.04. The third-order valence-electron chi connectivity index (χ3n) is 3.81. The van der Waals surface area contributed by atoms with Gasteiger partial charge in [-0.15, -0.1) is 0 Å². The van der Waals surface area contributed by atoms with Crippen LogP contribution in [0.1, 0.15) is 0 Å². The fourth-order valence-electron chi connectivity index (χ4n) is 2.48. The minimum atomic E-state index is -0.332. The summed E-state index contributed by atoms with van der Waals surface area (Å²) in [5, 5.41) is 0.619. The summed E-state index contributed by atoms with van der Waals surface area (Å²) in [6.07, 6.45) is 2.06. The van der Waals surface area contributed by atoms with Gasteiger partial charge in [-0.1, -0.05) is 22.9 Å². The number of methoxy groups -OCH3 is 1. The smallest absolute Gasteiger partial charge is 0.286 e. The number of aromatic nitrogens is 1. The van der Waals surface area contributed by atoms with Gasteiger partial charge in [-0.3, -0.25) is 4.79 Å². The van der Waals surface area contributed by atoms with Crippen LogP contribution in [0.3, 0.4) is 0 Å². The number of carbonyl (C=O) groups excluding carboxylic acids is 1. The van der Waals surface area contributed by atoms with Crippen molar-refractivity contribution in [2.75, 3.05) is 25.7 Å². The Bertz CT molecular complexity index is 996. The Labute approximate surface area is 170 Å². The molecule has 3 aromatic rings. The molecule has 142 valence electrons. The molecular weight excluding hydrogens is 404 g/mol. The number of thioether (sulfide) groups is 1. The van der Waals surface area contributed by atoms with Gasteiger partial charge in [0.25, 0.3) is 5.91 Å². The van der Waals surface area contributed by atoms with Crippen LogP contribution in [0, 0.1) is 0 Å². The Morgan fingerprint density at radius 1 is 1.22 bits per heavy atom. The molecule has 0 N–H and O–H groups in total. The van der Waals surface area contributed by atoms with E-state index in [-0.39, 0.29) is 12.5 Å². The van der Waals surface area contributed by atoms with Crippen molar-refractivity contribution in [2.24, 2.45) is 4.99 Å². The van der Waals surface area contributed by atoms with Gasteiger partial charge in [0.05, 0.1) is 17.3 Å². The van der Waals surface area contributed by atoms with Crippen molar-refractivity contribution in [2.45, 2.75) is 6.54 Å². The van der Waals surface area contributed by atoms with Crippen molar-refractivity contribution in [3.8, 4) is 11.5 Å². The fraction of sp³-hybridized carbons (Fsp3) is 0.263. The largest absolute Gasteiger partial charge is 0.497 e. The lowest BCUT2D eigenvalue weighted by molar-refractivity contribution is -0.120. The van der Waals surface area contributed by atoms with E-state index in [0.717, 1.165) is 28.3 Å². The Balaban J connectivity index is 1.86. The second-order valence-electron chi connectivity index (χ2n) is 5.61. The van der Waals surface area contributed by atoms with E-state index < -0.39 is 0 Å². The van der Waals surface area contributed by atoms with Gasteiger partial charge in [-0.05, 0) is 48.7 Å². The summed E-state index contributed by atoms with van der Waals surface area (Å²) in [5.74, 6) is 1.96. The van der Waals surface area contributed by atoms with Crippen molar-refractivity contribution in [3.05, 3.63) is 52.3 Å². The van der Waals surface area contributed by atoms with E-state index in [1.807, 2.05) is 18.2 Å². The molecule has 0 spiro atoms. The highest BCUT2D eigenvalue weighted by molar-refractivity contribution is 7.98. The number of nitrogens with zero attached hydrogens (tertiary/aromatic N) is 2. The van der Waals surface area contributed by atoms with Gasteiger partial charge in [0.2, 0.25) is 0 Å². The highest BCUT2D eigenvalue weighted by Gasteiger charge is 2.09. The molecule has 1 amide bonds. The molecule has 1 heterocycles. The molecule has 0 fully saturated rings. The molecule has 2 aromatic carbocycles. The number of aryl methyl sites for hydroxylation is 1. The maximum Gasteiger partial charge on any atom is 0.286 e. The first-order chi connectivity index (χ1) is 13.1. The maximum absolute atomic E-state index is 12.3. The van der Waals surface area contributed by atoms with Gasteiger partial charge in [-0.2, -0.15) is 16.8 Å². The van der Waals surface area contributed by atoms with Crippen molar-refractivity contribution >= 4 is 50.8 Å². The van der Waals surface area contributed by atoms with Crippen molar-refractivity contribution in [1.82, 2.24) is 4.57 Å². The third-order valence-corrected chi connectivity index (χ3v) is 5.69. The Morgan fingerprint density at radius 3 is 2.67 bits per heavy atom. The number of hydrogen-bond acceptors (Lipinski definition) is 5. The van der Waals surface area contributed by atoms with E-state index in [1.54, 1.807) is 43.1 Å². The molecular formula is C19H19ClN2O3S2. The van der Waals surface area contributed by atoms with Crippen molar-refractivity contribution in [1.29, 1.82) is 0 Å². The number of rotatable bonds is 7. The van der Waals surface area contributed by atoms with Gasteiger partial charge in [0, 0.05) is 17.3 Å². The number of hydrogen-bond donors (Lipinski definition) is 0. The molecule has 0 bridgehead atoms. The molecule has 3 rings (SSSR count). The predicted octanol–water partition coefficient (Wildman–Crippen LogP) is 4.23. The normalized spacial score (nSPS) is 11.7. The molecule has 27 heavy (non-hydrogen) atoms. The van der Waals surface area contributed by atoms with Crippen LogP contribution < -0.4 is 14.3 Å². The summed E-state index contributed by atoms with van der Waals surface area (Å²) < 4.78 is 13.9. The summed E-state index contributed by atoms with van der Waals surface area (Å²) >= 11 is 9.07. The molecule has 0 atom stereocenters. The summed E-state index contributed by atoms with van der Waals surface area (Å²) in [5.41, 5.74) is 1.04. The number of amides is 1. The van der Waals surface area contributed by atoms with Crippen LogP contribution in [0.15, 0.2) is 47.5 Å². The first kappa shape index (κ1) is 19.8. The maximum atomic E-state index is 12.3. The number of ether oxygens (including phenoxy) is 2. The van der Waals surface area contributed by atoms with Gasteiger partial charge in [0.1, 0.15) is 11.5 Å². The Morgan fingerprint density at radius 2 is 1.96 bits per heavy atom. The predicted molar refractivity (Wildman–Crippen MR) is 112 cm³/mol. The monoisotopic (exact) mass is 422 g/mol. The summed E-state index contributed by atoms with van der Waals surface area (Å²) in [7, 11) is 1.64. The molecule has 0 aliphatic carbocycles. The molecule has 0 unspecified atom stereocenters. The molecule has 0 radical (unpaired) electrons. The molecule has 0 aliphatic heterocycles. The van der Waals surface area contributed by atoms with Gasteiger partial charge in [0.15, 0.2) is 11.4 Å². The molecule has 0 saturated carbocycles. The van der Waals surface area contributed by atoms with E-state index in [2.05, 4.69) is 15.8 Å². The van der Waals surface area contributed by atoms with Crippen LogP contribution >= 0.6 is 34.7 Å². The summed E-state index contributed by atoms with van der Waals surface area (Å²) in [6.45, 7) is 0.652. The van der Waals surface area contributed by atoms with Crippen molar-refractivity contribution < 1.29 is 14.3 Å². The number of thiazole rings is 1. The minimum absolute atomic E-state index is 0.123. The van der Waals surface area contributed by atoms with Crippen LogP contribution in [0.5, 0.6) is 11.5 Å². The van der Waals surface area contributed by atoms with E-state index in [0.29, 0.717) is 15.6 Å². The zero-order valence-electron chi connectivity index (χ0n) is 15.0. The van der Waals surface area contributed by atoms with Crippen LogP contribution in [-0.4, -0.2) is 36.2 Å². The minimum Gasteiger partial charge on any atom is -0.497 e. The summed E-state index contributed by atoms with van der Waals surface area (Å²) in [4.78, 5) is 17.3. The fourth-order valence-corrected chi connectivity index (χ4v) is 4.07.